The van der Waals surface area contributed by atoms with Crippen molar-refractivity contribution < 1.29 is 4.79 Å². The summed E-state index contributed by atoms with van der Waals surface area (Å²) in [4.78, 5) is 11.0. The van der Waals surface area contributed by atoms with Crippen molar-refractivity contribution in [2.75, 3.05) is 0 Å². The number of hydrogen-bond donors (Lipinski definition) is 1. The molecule has 0 spiro atoms. The molecule has 0 unspecified atom stereocenters. The quantitative estimate of drug-likeness (QED) is 0.659. The molecule has 2 bridgehead atoms. The lowest BCUT2D eigenvalue weighted by Gasteiger charge is -2.32. The van der Waals surface area contributed by atoms with Crippen molar-refractivity contribution in [3.05, 3.63) is 0 Å². The zero-order valence-electron chi connectivity index (χ0n) is 8.38. The molecule has 3 aliphatic rings. The summed E-state index contributed by atoms with van der Waals surface area (Å²) in [5.41, 5.74) is 0. The van der Waals surface area contributed by atoms with Crippen LogP contribution in [0.1, 0.15) is 45.4 Å². The Morgan fingerprint density at radius 3 is 2.85 bits per heavy atom. The molecule has 0 aromatic carbocycles. The molecule has 3 fully saturated rings. The fourth-order valence-corrected chi connectivity index (χ4v) is 3.03. The van der Waals surface area contributed by atoms with Gasteiger partial charge in [-0.1, -0.05) is 19.3 Å². The van der Waals surface area contributed by atoms with Crippen LogP contribution in [0.4, 0.5) is 0 Å². The lowest BCUT2D eigenvalue weighted by atomic mass is 9.80. The van der Waals surface area contributed by atoms with Gasteiger partial charge in [0.25, 0.3) is 0 Å². The third kappa shape index (κ3) is 2.04. The number of amides is 1. The number of carbonyl (C=O) groups excluding carboxylic acids is 1. The van der Waals surface area contributed by atoms with Gasteiger partial charge < -0.3 is 5.32 Å². The summed E-state index contributed by atoms with van der Waals surface area (Å²) in [7, 11) is 0. The normalized spacial score (nSPS) is 38.4. The highest BCUT2D eigenvalue weighted by atomic mass is 16.1. The summed E-state index contributed by atoms with van der Waals surface area (Å²) in [6.07, 6.45) is 8.10. The van der Waals surface area contributed by atoms with E-state index >= 15 is 0 Å². The first-order valence-electron chi connectivity index (χ1n) is 5.53. The van der Waals surface area contributed by atoms with Gasteiger partial charge in [-0.15, -0.1) is 0 Å². The summed E-state index contributed by atoms with van der Waals surface area (Å²) < 4.78 is 0. The molecule has 74 valence electrons. The van der Waals surface area contributed by atoms with E-state index in [9.17, 15) is 4.79 Å². The van der Waals surface area contributed by atoms with Crippen molar-refractivity contribution in [2.24, 2.45) is 11.8 Å². The van der Waals surface area contributed by atoms with Gasteiger partial charge in [-0.3, -0.25) is 4.79 Å². The fraction of sp³-hybridized carbons (Fsp3) is 0.909. The molecule has 0 aromatic heterocycles. The van der Waals surface area contributed by atoms with Gasteiger partial charge in [0.15, 0.2) is 0 Å². The lowest BCUT2D eigenvalue weighted by Crippen LogP contribution is -2.41. The number of nitrogens with one attached hydrogen (secondary N) is 1. The Balaban J connectivity index is 1.99. The Morgan fingerprint density at radius 2 is 2.08 bits per heavy atom. The summed E-state index contributed by atoms with van der Waals surface area (Å²) in [5.74, 6) is 1.83. The minimum absolute atomic E-state index is 0.151. The van der Waals surface area contributed by atoms with Gasteiger partial charge in [0, 0.05) is 13.0 Å². The van der Waals surface area contributed by atoms with Gasteiger partial charge >= 0.3 is 0 Å². The smallest absolute Gasteiger partial charge is 0.217 e. The molecule has 3 atom stereocenters. The molecule has 1 amide bonds. The van der Waals surface area contributed by atoms with E-state index in [4.69, 9.17) is 0 Å². The van der Waals surface area contributed by atoms with Crippen LogP contribution in [0.5, 0.6) is 0 Å². The van der Waals surface area contributed by atoms with Crippen molar-refractivity contribution in [3.63, 3.8) is 0 Å². The first-order chi connectivity index (χ1) is 6.25. The average Bonchev–Trinajstić information content (AvgIpc) is 2.36. The Hall–Kier alpha value is -0.530. The SMILES string of the molecule is CC(=O)N[C@H]1C[C@H]2CCC[C@@H]1CC2. The average molecular weight is 181 g/mol. The summed E-state index contributed by atoms with van der Waals surface area (Å²) in [6, 6.07) is 0.499. The molecule has 0 radical (unpaired) electrons. The summed E-state index contributed by atoms with van der Waals surface area (Å²) in [5, 5.41) is 3.11. The second kappa shape index (κ2) is 3.69. The van der Waals surface area contributed by atoms with Gasteiger partial charge in [0.1, 0.15) is 0 Å². The predicted molar refractivity (Wildman–Crippen MR) is 52.3 cm³/mol. The van der Waals surface area contributed by atoms with Crippen LogP contribution in [0.15, 0.2) is 0 Å². The summed E-state index contributed by atoms with van der Waals surface area (Å²) >= 11 is 0. The highest BCUT2D eigenvalue weighted by Crippen LogP contribution is 2.39. The van der Waals surface area contributed by atoms with E-state index < -0.39 is 0 Å². The molecule has 0 heterocycles. The highest BCUT2D eigenvalue weighted by Gasteiger charge is 2.33. The van der Waals surface area contributed by atoms with Crippen molar-refractivity contribution >= 4 is 5.91 Å². The van der Waals surface area contributed by atoms with Crippen LogP contribution in [-0.4, -0.2) is 11.9 Å². The van der Waals surface area contributed by atoms with Gasteiger partial charge in [-0.05, 0) is 31.1 Å². The van der Waals surface area contributed by atoms with Crippen LogP contribution in [0.3, 0.4) is 0 Å². The maximum absolute atomic E-state index is 11.0. The second-order valence-electron chi connectivity index (χ2n) is 4.68. The number of fused-ring (bicyclic) bond motifs is 4. The Morgan fingerprint density at radius 1 is 1.23 bits per heavy atom. The zero-order chi connectivity index (χ0) is 9.26. The molecule has 2 nitrogen and oxygen atoms in total. The maximum atomic E-state index is 11.0. The van der Waals surface area contributed by atoms with E-state index in [1.54, 1.807) is 6.92 Å². The monoisotopic (exact) mass is 181 g/mol. The fourth-order valence-electron chi connectivity index (χ4n) is 3.03. The van der Waals surface area contributed by atoms with Crippen LogP contribution < -0.4 is 5.32 Å². The first-order valence-corrected chi connectivity index (χ1v) is 5.53. The van der Waals surface area contributed by atoms with E-state index in [1.165, 1.54) is 38.5 Å². The summed E-state index contributed by atoms with van der Waals surface area (Å²) in [6.45, 7) is 1.64. The van der Waals surface area contributed by atoms with E-state index in [-0.39, 0.29) is 5.91 Å². The van der Waals surface area contributed by atoms with E-state index in [2.05, 4.69) is 5.32 Å². The standard InChI is InChI=1S/C11H19NO/c1-8(13)12-11-7-9-3-2-4-10(11)6-5-9/h9-11H,2-7H2,1H3,(H,12,13)/t9-,10+,11-/m0/s1. The van der Waals surface area contributed by atoms with E-state index in [0.29, 0.717) is 6.04 Å². The van der Waals surface area contributed by atoms with E-state index in [0.717, 1.165) is 11.8 Å². The highest BCUT2D eigenvalue weighted by molar-refractivity contribution is 5.73. The van der Waals surface area contributed by atoms with Crippen molar-refractivity contribution in [1.82, 2.24) is 5.32 Å². The van der Waals surface area contributed by atoms with Crippen molar-refractivity contribution in [3.8, 4) is 0 Å². The minimum Gasteiger partial charge on any atom is -0.353 e. The second-order valence-corrected chi connectivity index (χ2v) is 4.68. The topological polar surface area (TPSA) is 29.1 Å². The Bertz CT molecular complexity index is 198. The molecule has 3 rings (SSSR count). The number of rotatable bonds is 1. The molecule has 13 heavy (non-hydrogen) atoms. The zero-order valence-corrected chi connectivity index (χ0v) is 8.38. The van der Waals surface area contributed by atoms with Gasteiger partial charge in [-0.25, -0.2) is 0 Å². The largest absolute Gasteiger partial charge is 0.353 e. The molecule has 3 saturated carbocycles. The molecule has 0 aromatic rings. The number of hydrogen-bond acceptors (Lipinski definition) is 1. The van der Waals surface area contributed by atoms with Gasteiger partial charge in [-0.2, -0.15) is 0 Å². The molecule has 0 saturated heterocycles. The minimum atomic E-state index is 0.151. The van der Waals surface area contributed by atoms with Crippen LogP contribution in [-0.2, 0) is 4.79 Å². The van der Waals surface area contributed by atoms with Crippen LogP contribution in [0.25, 0.3) is 0 Å². The molecule has 3 aliphatic carbocycles. The first kappa shape index (κ1) is 9.04. The third-order valence-corrected chi connectivity index (χ3v) is 3.68. The van der Waals surface area contributed by atoms with Crippen LogP contribution >= 0.6 is 0 Å². The Kier molecular flexibility index (Phi) is 2.56. The lowest BCUT2D eigenvalue weighted by molar-refractivity contribution is -0.120. The number of carbonyl (C=O) groups is 1. The predicted octanol–water partition coefficient (Wildman–Crippen LogP) is 2.09. The molecule has 2 heteroatoms. The molecule has 1 N–H and O–H groups in total. The van der Waals surface area contributed by atoms with E-state index in [1.807, 2.05) is 0 Å². The molecular weight excluding hydrogens is 162 g/mol. The van der Waals surface area contributed by atoms with Crippen molar-refractivity contribution in [2.45, 2.75) is 51.5 Å². The maximum Gasteiger partial charge on any atom is 0.217 e. The van der Waals surface area contributed by atoms with Gasteiger partial charge in [0.05, 0.1) is 0 Å². The Labute approximate surface area is 80.1 Å². The van der Waals surface area contributed by atoms with Gasteiger partial charge in [0.2, 0.25) is 5.91 Å². The van der Waals surface area contributed by atoms with Crippen molar-refractivity contribution in [1.29, 1.82) is 0 Å². The molecule has 0 aliphatic heterocycles. The van der Waals surface area contributed by atoms with Crippen LogP contribution in [0.2, 0.25) is 0 Å². The van der Waals surface area contributed by atoms with Crippen LogP contribution in [0, 0.1) is 11.8 Å². The third-order valence-electron chi connectivity index (χ3n) is 3.68. The molecular formula is C11H19NO.